The summed E-state index contributed by atoms with van der Waals surface area (Å²) in [5.41, 5.74) is 0.515. The minimum atomic E-state index is -1.27. The number of thioether (sulfide) groups is 1. The van der Waals surface area contributed by atoms with Gasteiger partial charge in [0, 0.05) is 25.2 Å². The first-order valence-electron chi connectivity index (χ1n) is 8.18. The van der Waals surface area contributed by atoms with Crippen molar-refractivity contribution in [2.45, 2.75) is 30.9 Å². The van der Waals surface area contributed by atoms with Crippen molar-refractivity contribution in [3.63, 3.8) is 0 Å². The second-order valence-electron chi connectivity index (χ2n) is 6.00. The van der Waals surface area contributed by atoms with Crippen LogP contribution in [0.1, 0.15) is 36.0 Å². The van der Waals surface area contributed by atoms with E-state index in [0.29, 0.717) is 5.69 Å². The van der Waals surface area contributed by atoms with Gasteiger partial charge in [-0.25, -0.2) is 0 Å². The average molecular weight is 360 g/mol. The number of nitrogens with zero attached hydrogens (tertiary/aromatic N) is 2. The Hall–Kier alpha value is -2.35. The van der Waals surface area contributed by atoms with E-state index in [4.69, 9.17) is 0 Å². The molecule has 7 nitrogen and oxygen atoms in total. The molecule has 1 N–H and O–H groups in total. The molecule has 1 aromatic carbocycles. The van der Waals surface area contributed by atoms with Crippen LogP contribution >= 0.6 is 11.8 Å². The number of anilines is 1. The Kier molecular flexibility index (Phi) is 5.37. The molecule has 3 rings (SSSR count). The Morgan fingerprint density at radius 3 is 2.52 bits per heavy atom. The number of rotatable bonds is 4. The average Bonchev–Trinajstić information content (AvgIpc) is 2.97. The number of benzene rings is 1. The van der Waals surface area contributed by atoms with Crippen LogP contribution in [0.4, 0.5) is 5.69 Å². The van der Waals surface area contributed by atoms with Crippen molar-refractivity contribution in [2.75, 3.05) is 18.4 Å². The molecule has 0 saturated carbocycles. The number of carboxylic acids is 1. The van der Waals surface area contributed by atoms with Crippen molar-refractivity contribution in [2.24, 2.45) is 4.99 Å². The molecule has 1 aromatic rings. The zero-order valence-electron chi connectivity index (χ0n) is 13.6. The number of hydrogen-bond acceptors (Lipinski definition) is 6. The van der Waals surface area contributed by atoms with Gasteiger partial charge in [-0.1, -0.05) is 23.9 Å². The molecule has 2 heterocycles. The molecular weight excluding hydrogens is 342 g/mol. The topological polar surface area (TPSA) is 102 Å². The highest BCUT2D eigenvalue weighted by atomic mass is 32.2. The Balaban J connectivity index is 1.53. The maximum absolute atomic E-state index is 12.1. The van der Waals surface area contributed by atoms with E-state index in [9.17, 15) is 19.5 Å². The summed E-state index contributed by atoms with van der Waals surface area (Å²) in [6, 6.07) is 5.70. The van der Waals surface area contributed by atoms with E-state index in [1.807, 2.05) is 0 Å². The molecule has 1 fully saturated rings. The molecule has 0 unspecified atom stereocenters. The van der Waals surface area contributed by atoms with E-state index in [2.05, 4.69) is 15.2 Å². The molecule has 0 aliphatic carbocycles. The largest absolute Gasteiger partial charge is 0.545 e. The predicted octanol–water partition coefficient (Wildman–Crippen LogP) is 0.863. The second kappa shape index (κ2) is 7.69. The summed E-state index contributed by atoms with van der Waals surface area (Å²) < 4.78 is 0. The number of nitrogens with one attached hydrogen (secondary N) is 1. The van der Waals surface area contributed by atoms with Crippen molar-refractivity contribution in [3.05, 3.63) is 29.8 Å². The van der Waals surface area contributed by atoms with Crippen molar-refractivity contribution < 1.29 is 19.5 Å². The van der Waals surface area contributed by atoms with E-state index in [1.165, 1.54) is 42.4 Å². The molecule has 1 atom stereocenters. The van der Waals surface area contributed by atoms with Crippen molar-refractivity contribution in [3.8, 4) is 0 Å². The first-order chi connectivity index (χ1) is 12.0. The molecule has 2 aliphatic heterocycles. The Bertz CT molecular complexity index is 711. The molecule has 8 heteroatoms. The highest BCUT2D eigenvalue weighted by Crippen LogP contribution is 2.29. The number of carbonyl (C=O) groups excluding carboxylic acids is 3. The molecule has 2 aliphatic rings. The molecule has 1 saturated heterocycles. The summed E-state index contributed by atoms with van der Waals surface area (Å²) in [7, 11) is 0. The number of piperidine rings is 1. The quantitative estimate of drug-likeness (QED) is 0.854. The Morgan fingerprint density at radius 2 is 1.88 bits per heavy atom. The van der Waals surface area contributed by atoms with E-state index in [-0.39, 0.29) is 23.8 Å². The fraction of sp³-hybridized carbons (Fsp3) is 0.412. The Labute approximate surface area is 149 Å². The van der Waals surface area contributed by atoms with Gasteiger partial charge in [0.25, 0.3) is 5.91 Å². The van der Waals surface area contributed by atoms with Crippen LogP contribution in [-0.2, 0) is 9.59 Å². The highest BCUT2D eigenvalue weighted by molar-refractivity contribution is 8.15. The third kappa shape index (κ3) is 4.39. The van der Waals surface area contributed by atoms with Crippen LogP contribution in [0.25, 0.3) is 0 Å². The third-order valence-electron chi connectivity index (χ3n) is 4.13. The van der Waals surface area contributed by atoms with E-state index >= 15 is 0 Å². The summed E-state index contributed by atoms with van der Waals surface area (Å²) in [5, 5.41) is 13.6. The molecule has 0 spiro atoms. The van der Waals surface area contributed by atoms with Crippen molar-refractivity contribution in [1.29, 1.82) is 0 Å². The molecule has 2 amide bonds. The van der Waals surface area contributed by atoms with E-state index in [0.717, 1.165) is 31.1 Å². The van der Waals surface area contributed by atoms with Crippen LogP contribution in [0, 0.1) is 0 Å². The smallest absolute Gasteiger partial charge is 0.262 e. The number of carbonyl (C=O) groups is 3. The van der Waals surface area contributed by atoms with E-state index in [1.54, 1.807) is 0 Å². The molecule has 0 radical (unpaired) electrons. The van der Waals surface area contributed by atoms with Gasteiger partial charge in [-0.05, 0) is 37.0 Å². The molecular formula is C17H18N3O4S-. The number of aliphatic imine (C=N–C) groups is 1. The van der Waals surface area contributed by atoms with Gasteiger partial charge in [-0.15, -0.1) is 0 Å². The first kappa shape index (κ1) is 17.5. The van der Waals surface area contributed by atoms with Crippen LogP contribution in [0.3, 0.4) is 0 Å². The van der Waals surface area contributed by atoms with Crippen LogP contribution in [-0.4, -0.2) is 46.2 Å². The standard InChI is InChI=1S/C17H19N3O4S/c21-14(18-12-6-4-11(5-7-12)16(23)24)10-13-15(22)19-17(25-13)20-8-2-1-3-9-20/h4-7,13H,1-3,8-10H2,(H,18,21)(H,23,24)/p-1/t13-/m1/s1. The zero-order chi connectivity index (χ0) is 17.8. The number of hydrogen-bond donors (Lipinski definition) is 1. The summed E-state index contributed by atoms with van der Waals surface area (Å²) in [6.45, 7) is 1.81. The van der Waals surface area contributed by atoms with Gasteiger partial charge in [-0.2, -0.15) is 4.99 Å². The second-order valence-corrected chi connectivity index (χ2v) is 7.17. The fourth-order valence-corrected chi connectivity index (χ4v) is 3.92. The number of aromatic carboxylic acids is 1. The van der Waals surface area contributed by atoms with Gasteiger partial charge < -0.3 is 20.1 Å². The minimum absolute atomic E-state index is 0.0343. The van der Waals surface area contributed by atoms with Gasteiger partial charge >= 0.3 is 0 Å². The fourth-order valence-electron chi connectivity index (χ4n) is 2.80. The number of amidine groups is 1. The summed E-state index contributed by atoms with van der Waals surface area (Å²) in [6.07, 6.45) is 3.43. The normalized spacial score (nSPS) is 20.3. The number of likely N-dealkylation sites (tertiary alicyclic amines) is 1. The number of carboxylic acid groups (broad SMARTS) is 1. The molecule has 25 heavy (non-hydrogen) atoms. The SMILES string of the molecule is O=C(C[C@H]1SC(N2CCCCC2)=NC1=O)Nc1ccc(C(=O)[O-])cc1. The third-order valence-corrected chi connectivity index (χ3v) is 5.34. The first-order valence-corrected chi connectivity index (χ1v) is 9.06. The molecule has 0 bridgehead atoms. The van der Waals surface area contributed by atoms with Crippen LogP contribution in [0.15, 0.2) is 29.3 Å². The highest BCUT2D eigenvalue weighted by Gasteiger charge is 2.33. The summed E-state index contributed by atoms with van der Waals surface area (Å²) in [4.78, 5) is 41.1. The van der Waals surface area contributed by atoms with Crippen molar-refractivity contribution >= 4 is 40.4 Å². The lowest BCUT2D eigenvalue weighted by Gasteiger charge is -2.27. The van der Waals surface area contributed by atoms with Crippen LogP contribution in [0.2, 0.25) is 0 Å². The number of amides is 2. The van der Waals surface area contributed by atoms with Gasteiger partial charge in [0.1, 0.15) is 5.25 Å². The maximum atomic E-state index is 12.1. The van der Waals surface area contributed by atoms with Gasteiger partial charge in [0.2, 0.25) is 5.91 Å². The zero-order valence-corrected chi connectivity index (χ0v) is 14.4. The van der Waals surface area contributed by atoms with Crippen LogP contribution in [0.5, 0.6) is 0 Å². The maximum Gasteiger partial charge on any atom is 0.262 e. The minimum Gasteiger partial charge on any atom is -0.545 e. The Morgan fingerprint density at radius 1 is 1.20 bits per heavy atom. The van der Waals surface area contributed by atoms with Crippen molar-refractivity contribution in [1.82, 2.24) is 4.90 Å². The lowest BCUT2D eigenvalue weighted by atomic mass is 10.1. The molecule has 132 valence electrons. The predicted molar refractivity (Wildman–Crippen MR) is 93.3 cm³/mol. The lowest BCUT2D eigenvalue weighted by molar-refractivity contribution is -0.255. The molecule has 0 aromatic heterocycles. The summed E-state index contributed by atoms with van der Waals surface area (Å²) >= 11 is 1.35. The lowest BCUT2D eigenvalue weighted by Crippen LogP contribution is -2.33. The van der Waals surface area contributed by atoms with Crippen LogP contribution < -0.4 is 10.4 Å². The van der Waals surface area contributed by atoms with Gasteiger partial charge in [0.05, 0.1) is 5.97 Å². The monoisotopic (exact) mass is 360 g/mol. The van der Waals surface area contributed by atoms with Gasteiger partial charge in [-0.3, -0.25) is 9.59 Å². The van der Waals surface area contributed by atoms with Gasteiger partial charge in [0.15, 0.2) is 5.17 Å². The van der Waals surface area contributed by atoms with E-state index < -0.39 is 11.2 Å². The summed E-state index contributed by atoms with van der Waals surface area (Å²) in [5.74, 6) is -1.84.